The molecule has 2 aromatic carbocycles. The van der Waals surface area contributed by atoms with Crippen LogP contribution in [0.5, 0.6) is 0 Å². The average molecular weight is 509 g/mol. The van der Waals surface area contributed by atoms with Crippen molar-refractivity contribution in [3.63, 3.8) is 0 Å². The van der Waals surface area contributed by atoms with Gasteiger partial charge in [-0.25, -0.2) is 4.39 Å². The van der Waals surface area contributed by atoms with Crippen LogP contribution in [-0.4, -0.2) is 28.6 Å². The number of hydrogen-bond acceptors (Lipinski definition) is 6. The fourth-order valence-electron chi connectivity index (χ4n) is 3.89. The monoisotopic (exact) mass is 508 g/mol. The number of aromatic nitrogens is 2. The summed E-state index contributed by atoms with van der Waals surface area (Å²) in [7, 11) is 0. The quantitative estimate of drug-likeness (QED) is 0.313. The van der Waals surface area contributed by atoms with Crippen LogP contribution in [0, 0.1) is 11.7 Å². The Morgan fingerprint density at radius 1 is 1.09 bits per heavy atom. The number of thiophene rings is 1. The summed E-state index contributed by atoms with van der Waals surface area (Å²) < 4.78 is 14.1. The summed E-state index contributed by atoms with van der Waals surface area (Å²) in [5.41, 5.74) is 4.00. The van der Waals surface area contributed by atoms with E-state index in [4.69, 9.17) is 0 Å². The Morgan fingerprint density at radius 3 is 2.57 bits per heavy atom. The van der Waals surface area contributed by atoms with E-state index >= 15 is 0 Å². The topological polar surface area (TPSA) is 84.0 Å². The van der Waals surface area contributed by atoms with Crippen molar-refractivity contribution in [2.24, 2.45) is 5.92 Å². The van der Waals surface area contributed by atoms with Gasteiger partial charge >= 0.3 is 0 Å². The van der Waals surface area contributed by atoms with Crippen molar-refractivity contribution in [3.8, 4) is 0 Å². The minimum atomic E-state index is -0.469. The molecule has 180 valence electrons. The molecule has 2 atom stereocenters. The molecule has 2 heterocycles. The molecule has 0 aliphatic heterocycles. The summed E-state index contributed by atoms with van der Waals surface area (Å²) >= 11 is 2.85. The highest BCUT2D eigenvalue weighted by molar-refractivity contribution is 7.13. The number of carbonyl (C=O) groups is 2. The van der Waals surface area contributed by atoms with Crippen LogP contribution >= 0.6 is 22.7 Å². The van der Waals surface area contributed by atoms with Gasteiger partial charge in [-0.2, -0.15) is 0 Å². The lowest BCUT2D eigenvalue weighted by Gasteiger charge is -2.22. The second-order valence-electron chi connectivity index (χ2n) is 8.09. The molecule has 6 nitrogen and oxygen atoms in total. The lowest BCUT2D eigenvalue weighted by molar-refractivity contribution is -0.119. The van der Waals surface area contributed by atoms with E-state index < -0.39 is 5.92 Å². The molecule has 2 unspecified atom stereocenters. The normalized spacial score (nSPS) is 12.7. The fourth-order valence-corrected chi connectivity index (χ4v) is 5.62. The van der Waals surface area contributed by atoms with E-state index in [-0.39, 0.29) is 23.5 Å². The largest absolute Gasteiger partial charge is 0.352 e. The van der Waals surface area contributed by atoms with Crippen LogP contribution in [0.3, 0.4) is 0 Å². The first kappa shape index (κ1) is 24.7. The predicted molar refractivity (Wildman–Crippen MR) is 138 cm³/mol. The van der Waals surface area contributed by atoms with Gasteiger partial charge in [-0.15, -0.1) is 21.5 Å². The smallest absolute Gasteiger partial charge is 0.251 e. The highest BCUT2D eigenvalue weighted by atomic mass is 32.1. The Bertz CT molecular complexity index is 1290. The molecule has 0 aliphatic carbocycles. The van der Waals surface area contributed by atoms with Crippen molar-refractivity contribution in [2.75, 3.05) is 11.9 Å². The Hall–Kier alpha value is -3.43. The molecule has 2 aromatic heterocycles. The number of nitrogens with one attached hydrogen (secondary N) is 2. The van der Waals surface area contributed by atoms with Gasteiger partial charge < -0.3 is 10.6 Å². The van der Waals surface area contributed by atoms with Gasteiger partial charge in [-0.05, 0) is 54.4 Å². The number of amides is 2. The Balaban J connectivity index is 1.56. The van der Waals surface area contributed by atoms with Gasteiger partial charge in [0.1, 0.15) is 11.3 Å². The van der Waals surface area contributed by atoms with E-state index in [1.807, 2.05) is 56.3 Å². The van der Waals surface area contributed by atoms with Crippen molar-refractivity contribution in [1.29, 1.82) is 0 Å². The number of benzene rings is 2. The molecule has 2 N–H and O–H groups in total. The van der Waals surface area contributed by atoms with Crippen molar-refractivity contribution in [3.05, 3.63) is 98.4 Å². The highest BCUT2D eigenvalue weighted by Crippen LogP contribution is 2.37. The predicted octanol–water partition coefficient (Wildman–Crippen LogP) is 5.49. The van der Waals surface area contributed by atoms with E-state index in [0.29, 0.717) is 23.7 Å². The number of anilines is 1. The summed E-state index contributed by atoms with van der Waals surface area (Å²) in [6.07, 6.45) is 0.696. The maximum atomic E-state index is 14.1. The maximum Gasteiger partial charge on any atom is 0.251 e. The van der Waals surface area contributed by atoms with E-state index in [1.54, 1.807) is 22.9 Å². The zero-order valence-corrected chi connectivity index (χ0v) is 21.0. The van der Waals surface area contributed by atoms with Crippen LogP contribution < -0.4 is 10.6 Å². The van der Waals surface area contributed by atoms with Crippen LogP contribution in [0.25, 0.3) is 0 Å². The van der Waals surface area contributed by atoms with Crippen LogP contribution in [0.2, 0.25) is 0 Å². The molecule has 0 aliphatic rings. The lowest BCUT2D eigenvalue weighted by Crippen LogP contribution is -2.26. The van der Waals surface area contributed by atoms with Gasteiger partial charge in [0, 0.05) is 40.1 Å². The third-order valence-electron chi connectivity index (χ3n) is 5.63. The standard InChI is InChI=1S/C26H25FN4O2S2/c1-3-28-25(33)18-9-7-17(8-10-18)13-21-11-12-22(35-21)23(19-5-4-6-20(27)14-19)16(2)24(32)30-26-31-29-15-34-26/h4-12,14-16,23H,3,13H2,1-2H3,(H,28,33)(H,30,31,32). The number of rotatable bonds is 9. The number of hydrogen-bond donors (Lipinski definition) is 2. The van der Waals surface area contributed by atoms with E-state index in [0.717, 1.165) is 20.9 Å². The Labute approximate surface area is 211 Å². The van der Waals surface area contributed by atoms with Crippen molar-refractivity contribution >= 4 is 39.6 Å². The first-order chi connectivity index (χ1) is 16.9. The lowest BCUT2D eigenvalue weighted by atomic mass is 9.85. The third-order valence-corrected chi connectivity index (χ3v) is 7.41. The van der Waals surface area contributed by atoms with Crippen LogP contribution in [0.1, 0.15) is 51.0 Å². The molecular weight excluding hydrogens is 483 g/mol. The minimum Gasteiger partial charge on any atom is -0.352 e. The fraction of sp³-hybridized carbons (Fsp3) is 0.231. The van der Waals surface area contributed by atoms with E-state index in [9.17, 15) is 14.0 Å². The van der Waals surface area contributed by atoms with Crippen LogP contribution in [0.15, 0.2) is 66.2 Å². The second kappa shape index (κ2) is 11.3. The summed E-state index contributed by atoms with van der Waals surface area (Å²) in [5, 5.41) is 13.7. The van der Waals surface area contributed by atoms with Crippen LogP contribution in [0.4, 0.5) is 9.52 Å². The molecule has 0 bridgehead atoms. The van der Waals surface area contributed by atoms with Gasteiger partial charge in [0.25, 0.3) is 5.91 Å². The molecule has 2 amide bonds. The molecule has 0 saturated heterocycles. The molecule has 0 fully saturated rings. The summed E-state index contributed by atoms with van der Waals surface area (Å²) in [6, 6.07) is 18.0. The Morgan fingerprint density at radius 2 is 1.89 bits per heavy atom. The molecular formula is C26H25FN4O2S2. The summed E-state index contributed by atoms with van der Waals surface area (Å²) in [5.74, 6) is -1.42. The SMILES string of the molecule is CCNC(=O)c1ccc(Cc2ccc(C(c3cccc(F)c3)C(C)C(=O)Nc3nncs3)s2)cc1. The van der Waals surface area contributed by atoms with Crippen molar-refractivity contribution < 1.29 is 14.0 Å². The number of nitrogens with zero attached hydrogens (tertiary/aromatic N) is 2. The van der Waals surface area contributed by atoms with E-state index in [1.165, 1.54) is 23.5 Å². The molecule has 9 heteroatoms. The molecule has 4 rings (SSSR count). The molecule has 35 heavy (non-hydrogen) atoms. The summed E-state index contributed by atoms with van der Waals surface area (Å²) in [6.45, 7) is 4.31. The third kappa shape index (κ3) is 6.17. The van der Waals surface area contributed by atoms with Crippen LogP contribution in [-0.2, 0) is 11.2 Å². The summed E-state index contributed by atoms with van der Waals surface area (Å²) in [4.78, 5) is 27.1. The second-order valence-corrected chi connectivity index (χ2v) is 10.1. The van der Waals surface area contributed by atoms with Gasteiger partial charge in [-0.1, -0.05) is 42.5 Å². The molecule has 0 radical (unpaired) electrons. The first-order valence-corrected chi connectivity index (χ1v) is 12.9. The molecule has 0 saturated carbocycles. The van der Waals surface area contributed by atoms with Gasteiger partial charge in [0.05, 0.1) is 0 Å². The zero-order valence-electron chi connectivity index (χ0n) is 19.3. The van der Waals surface area contributed by atoms with Crippen molar-refractivity contribution in [1.82, 2.24) is 15.5 Å². The van der Waals surface area contributed by atoms with Gasteiger partial charge in [0.15, 0.2) is 0 Å². The highest BCUT2D eigenvalue weighted by Gasteiger charge is 2.29. The average Bonchev–Trinajstić information content (AvgIpc) is 3.52. The molecule has 4 aromatic rings. The van der Waals surface area contributed by atoms with Gasteiger partial charge in [0.2, 0.25) is 11.0 Å². The first-order valence-electron chi connectivity index (χ1n) is 11.2. The zero-order chi connectivity index (χ0) is 24.8. The Kier molecular flexibility index (Phi) is 7.99. The number of carbonyl (C=O) groups excluding carboxylic acids is 2. The minimum absolute atomic E-state index is 0.0869. The molecule has 0 spiro atoms. The van der Waals surface area contributed by atoms with E-state index in [2.05, 4.69) is 20.8 Å². The number of halogens is 1. The van der Waals surface area contributed by atoms with Gasteiger partial charge in [-0.3, -0.25) is 9.59 Å². The maximum absolute atomic E-state index is 14.1. The van der Waals surface area contributed by atoms with Crippen molar-refractivity contribution in [2.45, 2.75) is 26.2 Å².